The van der Waals surface area contributed by atoms with E-state index in [1.165, 1.54) is 24.1 Å². The van der Waals surface area contributed by atoms with Crippen molar-refractivity contribution < 1.29 is 23.5 Å². The summed E-state index contributed by atoms with van der Waals surface area (Å²) in [6.45, 7) is 9.61. The maximum atomic E-state index is 13.8. The summed E-state index contributed by atoms with van der Waals surface area (Å²) >= 11 is 0. The fourth-order valence-electron chi connectivity index (χ4n) is 4.40. The number of aromatic nitrogens is 1. The Labute approximate surface area is 205 Å². The van der Waals surface area contributed by atoms with Gasteiger partial charge >= 0.3 is 5.97 Å². The molecule has 3 aromatic rings. The van der Waals surface area contributed by atoms with Crippen molar-refractivity contribution in [1.82, 2.24) is 9.47 Å². The van der Waals surface area contributed by atoms with E-state index in [-0.39, 0.29) is 24.1 Å². The van der Waals surface area contributed by atoms with E-state index < -0.39 is 12.0 Å². The second-order valence-electron chi connectivity index (χ2n) is 8.64. The zero-order valence-electron chi connectivity index (χ0n) is 21.0. The number of esters is 1. The van der Waals surface area contributed by atoms with Crippen molar-refractivity contribution in [2.45, 2.75) is 53.8 Å². The molecule has 1 unspecified atom stereocenters. The van der Waals surface area contributed by atoms with Crippen LogP contribution in [0.5, 0.6) is 0 Å². The SMILES string of the molecule is CCn1c(C)c(C(=O)C(C)N(Cc2ccc(F)cc2)C(=O)c2ccc(C)cc2)c(C)c1C(=O)OC. The predicted octanol–water partition coefficient (Wildman–Crippen LogP) is 5.27. The lowest BCUT2D eigenvalue weighted by molar-refractivity contribution is 0.0586. The van der Waals surface area contributed by atoms with E-state index in [9.17, 15) is 18.8 Å². The van der Waals surface area contributed by atoms with Gasteiger partial charge in [-0.1, -0.05) is 29.8 Å². The maximum Gasteiger partial charge on any atom is 0.354 e. The van der Waals surface area contributed by atoms with Crippen molar-refractivity contribution in [3.05, 3.63) is 93.6 Å². The molecule has 0 radical (unpaired) electrons. The van der Waals surface area contributed by atoms with E-state index in [0.717, 1.165) is 5.56 Å². The highest BCUT2D eigenvalue weighted by Crippen LogP contribution is 2.27. The quantitative estimate of drug-likeness (QED) is 0.327. The minimum Gasteiger partial charge on any atom is -0.464 e. The van der Waals surface area contributed by atoms with Crippen molar-refractivity contribution in [2.24, 2.45) is 0 Å². The summed E-state index contributed by atoms with van der Waals surface area (Å²) < 4.78 is 20.2. The van der Waals surface area contributed by atoms with Gasteiger partial charge in [0.25, 0.3) is 5.91 Å². The molecule has 0 spiro atoms. The van der Waals surface area contributed by atoms with Gasteiger partial charge in [0.15, 0.2) is 5.78 Å². The molecule has 1 amide bonds. The number of methoxy groups -OCH3 is 1. The van der Waals surface area contributed by atoms with E-state index in [1.807, 2.05) is 26.0 Å². The molecular formula is C28H31FN2O4. The molecule has 0 fully saturated rings. The third-order valence-corrected chi connectivity index (χ3v) is 6.38. The first-order chi connectivity index (χ1) is 16.6. The van der Waals surface area contributed by atoms with Gasteiger partial charge in [-0.3, -0.25) is 9.59 Å². The molecule has 0 N–H and O–H groups in total. The minimum atomic E-state index is -0.843. The summed E-state index contributed by atoms with van der Waals surface area (Å²) in [7, 11) is 1.30. The highest BCUT2D eigenvalue weighted by atomic mass is 19.1. The summed E-state index contributed by atoms with van der Waals surface area (Å²) in [4.78, 5) is 41.3. The van der Waals surface area contributed by atoms with Gasteiger partial charge < -0.3 is 14.2 Å². The van der Waals surface area contributed by atoms with E-state index in [0.29, 0.717) is 40.2 Å². The largest absolute Gasteiger partial charge is 0.464 e. The molecule has 0 aliphatic carbocycles. The Balaban J connectivity index is 2.06. The van der Waals surface area contributed by atoms with Gasteiger partial charge in [0.2, 0.25) is 0 Å². The molecule has 0 aliphatic rings. The lowest BCUT2D eigenvalue weighted by Crippen LogP contribution is -2.43. The average Bonchev–Trinajstić information content (AvgIpc) is 3.11. The second-order valence-corrected chi connectivity index (χ2v) is 8.64. The van der Waals surface area contributed by atoms with Crippen molar-refractivity contribution in [3.8, 4) is 0 Å². The Hall–Kier alpha value is -3.74. The second kappa shape index (κ2) is 10.7. The number of amides is 1. The van der Waals surface area contributed by atoms with Gasteiger partial charge in [-0.2, -0.15) is 0 Å². The number of nitrogens with zero attached hydrogens (tertiary/aromatic N) is 2. The van der Waals surface area contributed by atoms with Crippen LogP contribution in [0.2, 0.25) is 0 Å². The molecule has 1 aromatic heterocycles. The lowest BCUT2D eigenvalue weighted by atomic mass is 9.98. The number of carbonyl (C=O) groups excluding carboxylic acids is 3. The summed E-state index contributed by atoms with van der Waals surface area (Å²) in [6, 6.07) is 12.1. The number of benzene rings is 2. The third kappa shape index (κ3) is 5.19. The first-order valence-electron chi connectivity index (χ1n) is 11.5. The van der Waals surface area contributed by atoms with Crippen LogP contribution in [0, 0.1) is 26.6 Å². The Morgan fingerprint density at radius 3 is 2.14 bits per heavy atom. The summed E-state index contributed by atoms with van der Waals surface area (Å²) in [5, 5.41) is 0. The van der Waals surface area contributed by atoms with Crippen molar-refractivity contribution in [2.75, 3.05) is 7.11 Å². The molecule has 6 nitrogen and oxygen atoms in total. The van der Waals surface area contributed by atoms with Gasteiger partial charge in [-0.25, -0.2) is 9.18 Å². The van der Waals surface area contributed by atoms with Crippen LogP contribution in [0.25, 0.3) is 0 Å². The summed E-state index contributed by atoms with van der Waals surface area (Å²) in [5.41, 5.74) is 4.06. The first kappa shape index (κ1) is 25.9. The standard InChI is InChI=1S/C28H31FN2O4/c1-7-30-19(4)24(18(3)25(30)28(34)35-6)26(32)20(5)31(16-21-10-14-23(29)15-11-21)27(33)22-12-8-17(2)9-13-22/h8-15,20H,7,16H2,1-6H3. The van der Waals surface area contributed by atoms with Crippen LogP contribution in [0.3, 0.4) is 0 Å². The maximum absolute atomic E-state index is 13.8. The number of rotatable bonds is 8. The molecule has 1 atom stereocenters. The molecule has 0 bridgehead atoms. The zero-order chi connectivity index (χ0) is 25.9. The predicted molar refractivity (Wildman–Crippen MR) is 132 cm³/mol. The van der Waals surface area contributed by atoms with Crippen molar-refractivity contribution in [1.29, 1.82) is 0 Å². The number of aryl methyl sites for hydroxylation is 1. The van der Waals surface area contributed by atoms with E-state index >= 15 is 0 Å². The number of hydrogen-bond donors (Lipinski definition) is 0. The third-order valence-electron chi connectivity index (χ3n) is 6.38. The van der Waals surface area contributed by atoms with Crippen LogP contribution >= 0.6 is 0 Å². The highest BCUT2D eigenvalue weighted by Gasteiger charge is 2.33. The van der Waals surface area contributed by atoms with Crippen LogP contribution in [-0.4, -0.2) is 40.3 Å². The molecule has 0 aliphatic heterocycles. The van der Waals surface area contributed by atoms with Gasteiger partial charge in [0.1, 0.15) is 11.5 Å². The monoisotopic (exact) mass is 478 g/mol. The van der Waals surface area contributed by atoms with Crippen LogP contribution in [0.15, 0.2) is 48.5 Å². The number of carbonyl (C=O) groups is 3. The first-order valence-corrected chi connectivity index (χ1v) is 11.5. The minimum absolute atomic E-state index is 0.121. The van der Waals surface area contributed by atoms with Gasteiger partial charge in [0.05, 0.1) is 13.2 Å². The van der Waals surface area contributed by atoms with E-state index in [2.05, 4.69) is 0 Å². The molecule has 184 valence electrons. The molecular weight excluding hydrogens is 447 g/mol. The number of halogens is 1. The number of ether oxygens (including phenoxy) is 1. The average molecular weight is 479 g/mol. The fraction of sp³-hybridized carbons (Fsp3) is 0.321. The normalized spacial score (nSPS) is 11.7. The lowest BCUT2D eigenvalue weighted by Gasteiger charge is -2.29. The zero-order valence-corrected chi connectivity index (χ0v) is 21.0. The van der Waals surface area contributed by atoms with E-state index in [4.69, 9.17) is 4.74 Å². The number of ketones is 1. The van der Waals surface area contributed by atoms with Crippen LogP contribution in [-0.2, 0) is 17.8 Å². The molecule has 0 saturated carbocycles. The smallest absolute Gasteiger partial charge is 0.354 e. The number of Topliss-reactive ketones (excluding diaryl/α,β-unsaturated/α-hetero) is 1. The highest BCUT2D eigenvalue weighted by molar-refractivity contribution is 6.07. The van der Waals surface area contributed by atoms with Crippen molar-refractivity contribution >= 4 is 17.7 Å². The van der Waals surface area contributed by atoms with Gasteiger partial charge in [-0.15, -0.1) is 0 Å². The Bertz CT molecular complexity index is 1240. The molecule has 2 aromatic carbocycles. The molecule has 3 rings (SSSR count). The topological polar surface area (TPSA) is 68.6 Å². The van der Waals surface area contributed by atoms with E-state index in [1.54, 1.807) is 49.6 Å². The Morgan fingerprint density at radius 1 is 1.00 bits per heavy atom. The molecule has 1 heterocycles. The molecule has 7 heteroatoms. The summed E-state index contributed by atoms with van der Waals surface area (Å²) in [5.74, 6) is -1.48. The Kier molecular flexibility index (Phi) is 7.89. The van der Waals surface area contributed by atoms with Gasteiger partial charge in [0, 0.05) is 29.9 Å². The van der Waals surface area contributed by atoms with Crippen LogP contribution in [0.1, 0.15) is 67.4 Å². The van der Waals surface area contributed by atoms with Crippen LogP contribution < -0.4 is 0 Å². The fourth-order valence-corrected chi connectivity index (χ4v) is 4.40. The van der Waals surface area contributed by atoms with Crippen LogP contribution in [0.4, 0.5) is 4.39 Å². The van der Waals surface area contributed by atoms with Gasteiger partial charge in [-0.05, 0) is 70.0 Å². The molecule has 0 saturated heterocycles. The Morgan fingerprint density at radius 2 is 1.60 bits per heavy atom. The molecule has 35 heavy (non-hydrogen) atoms. The number of hydrogen-bond acceptors (Lipinski definition) is 4. The summed E-state index contributed by atoms with van der Waals surface area (Å²) in [6.07, 6.45) is 0. The van der Waals surface area contributed by atoms with Crippen molar-refractivity contribution in [3.63, 3.8) is 0 Å².